The third kappa shape index (κ3) is 4.30. The van der Waals surface area contributed by atoms with Crippen molar-refractivity contribution >= 4 is 11.6 Å². The second-order valence-electron chi connectivity index (χ2n) is 5.88. The van der Waals surface area contributed by atoms with Crippen molar-refractivity contribution < 1.29 is 19.8 Å². The Morgan fingerprint density at radius 2 is 0.962 bits per heavy atom. The molecule has 4 N–H and O–H groups in total. The van der Waals surface area contributed by atoms with Crippen LogP contribution in [-0.2, 0) is 22.7 Å². The summed E-state index contributed by atoms with van der Waals surface area (Å²) < 4.78 is 0. The molecule has 6 nitrogen and oxygen atoms in total. The van der Waals surface area contributed by atoms with Gasteiger partial charge < -0.3 is 20.8 Å². The Labute approximate surface area is 150 Å². The van der Waals surface area contributed by atoms with Crippen LogP contribution in [0.15, 0.2) is 72.1 Å². The van der Waals surface area contributed by atoms with Gasteiger partial charge in [0.2, 0.25) is 11.6 Å². The molecule has 2 aromatic rings. The van der Waals surface area contributed by atoms with E-state index >= 15 is 0 Å². The highest BCUT2D eigenvalue weighted by Crippen LogP contribution is 2.13. The van der Waals surface area contributed by atoms with Crippen LogP contribution in [0.5, 0.6) is 11.5 Å². The van der Waals surface area contributed by atoms with E-state index in [1.165, 1.54) is 12.2 Å². The zero-order chi connectivity index (χ0) is 18.5. The topological polar surface area (TPSA) is 98.7 Å². The predicted molar refractivity (Wildman–Crippen MR) is 96.1 cm³/mol. The molecule has 1 aliphatic carbocycles. The molecule has 0 fully saturated rings. The first kappa shape index (κ1) is 17.3. The Bertz CT molecular complexity index is 806. The third-order valence-corrected chi connectivity index (χ3v) is 3.92. The molecular formula is C20H18N2O4. The number of aromatic hydroxyl groups is 2. The van der Waals surface area contributed by atoms with Crippen molar-refractivity contribution in [1.29, 1.82) is 0 Å². The molecule has 0 heterocycles. The molecule has 132 valence electrons. The second kappa shape index (κ2) is 7.57. The molecule has 0 radical (unpaired) electrons. The number of rotatable bonds is 6. The fourth-order valence-corrected chi connectivity index (χ4v) is 2.46. The van der Waals surface area contributed by atoms with Gasteiger partial charge in [0.15, 0.2) is 0 Å². The molecule has 1 aliphatic rings. The van der Waals surface area contributed by atoms with Crippen LogP contribution < -0.4 is 10.6 Å². The second-order valence-corrected chi connectivity index (χ2v) is 5.88. The summed E-state index contributed by atoms with van der Waals surface area (Å²) in [6, 6.07) is 13.2. The summed E-state index contributed by atoms with van der Waals surface area (Å²) in [5, 5.41) is 24.4. The van der Waals surface area contributed by atoms with Gasteiger partial charge in [0, 0.05) is 25.2 Å². The van der Waals surface area contributed by atoms with E-state index < -0.39 is 0 Å². The molecule has 26 heavy (non-hydrogen) atoms. The number of phenols is 2. The number of phenolic OH excluding ortho intramolecular Hbond substituents is 2. The molecule has 0 aliphatic heterocycles. The molecule has 0 saturated heterocycles. The number of carbonyl (C=O) groups excluding carboxylic acids is 2. The van der Waals surface area contributed by atoms with Gasteiger partial charge in [0.05, 0.1) is 11.4 Å². The van der Waals surface area contributed by atoms with Crippen LogP contribution in [0.3, 0.4) is 0 Å². The molecule has 0 aromatic heterocycles. The van der Waals surface area contributed by atoms with E-state index in [1.807, 2.05) is 0 Å². The highest BCUT2D eigenvalue weighted by atomic mass is 16.3. The van der Waals surface area contributed by atoms with E-state index in [0.717, 1.165) is 11.1 Å². The standard InChI is InChI=1S/C20H18N2O4/c23-15-5-1-13(2-6-15)11-21-17-9-20(26)18(10-19(17)25)22-12-14-3-7-16(24)8-4-14/h1-10,21-24H,11-12H2. The van der Waals surface area contributed by atoms with Gasteiger partial charge in [0.1, 0.15) is 11.5 Å². The average molecular weight is 350 g/mol. The lowest BCUT2D eigenvalue weighted by Crippen LogP contribution is -2.29. The molecular weight excluding hydrogens is 332 g/mol. The highest BCUT2D eigenvalue weighted by molar-refractivity contribution is 6.19. The zero-order valence-electron chi connectivity index (χ0n) is 13.9. The molecule has 0 amide bonds. The highest BCUT2D eigenvalue weighted by Gasteiger charge is 2.19. The first-order valence-corrected chi connectivity index (χ1v) is 8.07. The monoisotopic (exact) mass is 350 g/mol. The minimum atomic E-state index is -0.281. The number of hydrogen-bond donors (Lipinski definition) is 4. The maximum Gasteiger partial charge on any atom is 0.203 e. The van der Waals surface area contributed by atoms with Crippen LogP contribution in [-0.4, -0.2) is 21.8 Å². The predicted octanol–water partition coefficient (Wildman–Crippen LogP) is 1.90. The molecule has 6 heteroatoms. The molecule has 0 bridgehead atoms. The van der Waals surface area contributed by atoms with Gasteiger partial charge in [-0.25, -0.2) is 0 Å². The van der Waals surface area contributed by atoms with Crippen LogP contribution in [0.4, 0.5) is 0 Å². The Kier molecular flexibility index (Phi) is 5.03. The van der Waals surface area contributed by atoms with E-state index in [4.69, 9.17) is 0 Å². The molecule has 0 saturated carbocycles. The van der Waals surface area contributed by atoms with Gasteiger partial charge in [-0.05, 0) is 35.4 Å². The SMILES string of the molecule is O=C1C=C(NCc2ccc(O)cc2)C(=O)C=C1NCc1ccc(O)cc1. The van der Waals surface area contributed by atoms with Crippen molar-refractivity contribution in [3.8, 4) is 11.5 Å². The lowest BCUT2D eigenvalue weighted by molar-refractivity contribution is -0.115. The van der Waals surface area contributed by atoms with E-state index in [-0.39, 0.29) is 34.5 Å². The maximum absolute atomic E-state index is 12.2. The van der Waals surface area contributed by atoms with Crippen LogP contribution in [0.25, 0.3) is 0 Å². The summed E-state index contributed by atoms with van der Waals surface area (Å²) in [5.41, 5.74) is 2.23. The van der Waals surface area contributed by atoms with Gasteiger partial charge in [-0.15, -0.1) is 0 Å². The Morgan fingerprint density at radius 1 is 0.615 bits per heavy atom. The first-order valence-electron chi connectivity index (χ1n) is 8.07. The van der Waals surface area contributed by atoms with Crippen LogP contribution >= 0.6 is 0 Å². The van der Waals surface area contributed by atoms with E-state index in [9.17, 15) is 19.8 Å². The van der Waals surface area contributed by atoms with Gasteiger partial charge in [-0.1, -0.05) is 24.3 Å². The van der Waals surface area contributed by atoms with Crippen molar-refractivity contribution in [1.82, 2.24) is 10.6 Å². The minimum absolute atomic E-state index is 0.171. The van der Waals surface area contributed by atoms with Crippen LogP contribution in [0.2, 0.25) is 0 Å². The number of hydrogen-bond acceptors (Lipinski definition) is 6. The fourth-order valence-electron chi connectivity index (χ4n) is 2.46. The lowest BCUT2D eigenvalue weighted by Gasteiger charge is -2.15. The largest absolute Gasteiger partial charge is 0.508 e. The van der Waals surface area contributed by atoms with E-state index in [2.05, 4.69) is 10.6 Å². The third-order valence-electron chi connectivity index (χ3n) is 3.92. The van der Waals surface area contributed by atoms with Crippen molar-refractivity contribution in [2.45, 2.75) is 13.1 Å². The molecule has 3 rings (SSSR count). The van der Waals surface area contributed by atoms with Crippen LogP contribution in [0.1, 0.15) is 11.1 Å². The number of benzene rings is 2. The number of carbonyl (C=O) groups is 2. The molecule has 0 atom stereocenters. The summed E-state index contributed by atoms with van der Waals surface area (Å²) >= 11 is 0. The quantitative estimate of drug-likeness (QED) is 0.594. The van der Waals surface area contributed by atoms with Crippen molar-refractivity contribution in [3.05, 3.63) is 83.2 Å². The minimum Gasteiger partial charge on any atom is -0.508 e. The van der Waals surface area contributed by atoms with Crippen LogP contribution in [0, 0.1) is 0 Å². The molecule has 2 aromatic carbocycles. The van der Waals surface area contributed by atoms with Crippen molar-refractivity contribution in [3.63, 3.8) is 0 Å². The first-order chi connectivity index (χ1) is 12.5. The van der Waals surface area contributed by atoms with E-state index in [0.29, 0.717) is 13.1 Å². The van der Waals surface area contributed by atoms with Gasteiger partial charge in [-0.2, -0.15) is 0 Å². The van der Waals surface area contributed by atoms with E-state index in [1.54, 1.807) is 48.5 Å². The number of allylic oxidation sites excluding steroid dienone is 2. The number of ketones is 2. The lowest BCUT2D eigenvalue weighted by atomic mass is 10.1. The summed E-state index contributed by atoms with van der Waals surface area (Å²) in [4.78, 5) is 24.4. The number of nitrogens with one attached hydrogen (secondary N) is 2. The Morgan fingerprint density at radius 3 is 1.31 bits per heavy atom. The molecule has 0 unspecified atom stereocenters. The molecule has 0 spiro atoms. The summed E-state index contributed by atoms with van der Waals surface area (Å²) in [5.74, 6) is -0.221. The summed E-state index contributed by atoms with van der Waals surface area (Å²) in [6.07, 6.45) is 2.56. The maximum atomic E-state index is 12.2. The summed E-state index contributed by atoms with van der Waals surface area (Å²) in [6.45, 7) is 0.741. The van der Waals surface area contributed by atoms with Crippen molar-refractivity contribution in [2.75, 3.05) is 0 Å². The fraction of sp³-hybridized carbons (Fsp3) is 0.100. The zero-order valence-corrected chi connectivity index (χ0v) is 13.9. The normalized spacial score (nSPS) is 13.8. The van der Waals surface area contributed by atoms with Gasteiger partial charge in [0.25, 0.3) is 0 Å². The Hall–Kier alpha value is -3.54. The Balaban J connectivity index is 1.58. The smallest absolute Gasteiger partial charge is 0.203 e. The van der Waals surface area contributed by atoms with Crippen molar-refractivity contribution in [2.24, 2.45) is 0 Å². The average Bonchev–Trinajstić information content (AvgIpc) is 2.63. The van der Waals surface area contributed by atoms with Gasteiger partial charge >= 0.3 is 0 Å². The summed E-state index contributed by atoms with van der Waals surface area (Å²) in [7, 11) is 0. The van der Waals surface area contributed by atoms with Gasteiger partial charge in [-0.3, -0.25) is 9.59 Å².